The summed E-state index contributed by atoms with van der Waals surface area (Å²) in [6.45, 7) is 2.12. The molecule has 2 aliphatic heterocycles. The zero-order chi connectivity index (χ0) is 18.0. The van der Waals surface area contributed by atoms with Crippen molar-refractivity contribution in [3.8, 4) is 34.0 Å². The van der Waals surface area contributed by atoms with Crippen molar-refractivity contribution in [1.82, 2.24) is 9.78 Å². The molecule has 27 heavy (non-hydrogen) atoms. The van der Waals surface area contributed by atoms with E-state index in [0.717, 1.165) is 28.4 Å². The second-order valence-electron chi connectivity index (χ2n) is 6.92. The van der Waals surface area contributed by atoms with E-state index in [-0.39, 0.29) is 5.44 Å². The highest BCUT2D eigenvalue weighted by molar-refractivity contribution is 7.99. The topological polar surface area (TPSA) is 27.1 Å². The lowest BCUT2D eigenvalue weighted by Gasteiger charge is -2.30. The van der Waals surface area contributed by atoms with Gasteiger partial charge in [-0.05, 0) is 37.3 Å². The van der Waals surface area contributed by atoms with Gasteiger partial charge in [-0.25, -0.2) is 4.68 Å². The lowest BCUT2D eigenvalue weighted by molar-refractivity contribution is 0.290. The van der Waals surface area contributed by atoms with E-state index in [2.05, 4.69) is 78.3 Å². The van der Waals surface area contributed by atoms with Gasteiger partial charge in [0.25, 0.3) is 0 Å². The molecular formula is C23H16N2OS. The lowest BCUT2D eigenvalue weighted by Crippen LogP contribution is -2.14. The van der Waals surface area contributed by atoms with Gasteiger partial charge in [0.15, 0.2) is 5.44 Å². The van der Waals surface area contributed by atoms with E-state index in [1.165, 1.54) is 21.6 Å². The molecule has 0 fully saturated rings. The Hall–Kier alpha value is -2.98. The number of rotatable bonds is 1. The molecule has 3 nitrogen and oxygen atoms in total. The van der Waals surface area contributed by atoms with E-state index < -0.39 is 0 Å². The first-order valence-electron chi connectivity index (χ1n) is 9.02. The minimum absolute atomic E-state index is 0.0717. The zero-order valence-electron chi connectivity index (χ0n) is 14.7. The fourth-order valence-corrected chi connectivity index (χ4v) is 5.11. The van der Waals surface area contributed by atoms with Gasteiger partial charge in [0.05, 0.1) is 16.9 Å². The van der Waals surface area contributed by atoms with Gasteiger partial charge in [0.1, 0.15) is 11.4 Å². The van der Waals surface area contributed by atoms with Gasteiger partial charge in [0, 0.05) is 16.0 Å². The van der Waals surface area contributed by atoms with Crippen LogP contribution in [-0.4, -0.2) is 9.78 Å². The number of para-hydroxylation sites is 1. The van der Waals surface area contributed by atoms with E-state index in [9.17, 15) is 0 Å². The first kappa shape index (κ1) is 15.1. The predicted molar refractivity (Wildman–Crippen MR) is 108 cm³/mol. The standard InChI is InChI=1S/C23H16N2OS/c1-14-11-12-18-17(13-14)22-20-21(24-25(22)15-7-3-2-4-8-15)16-9-5-6-10-19(16)27-23(20)26-18/h2-13,23H,1H3. The molecule has 6 rings (SSSR count). The van der Waals surface area contributed by atoms with Crippen molar-refractivity contribution in [2.24, 2.45) is 0 Å². The number of aromatic nitrogens is 2. The molecule has 1 atom stereocenters. The molecule has 0 radical (unpaired) electrons. The van der Waals surface area contributed by atoms with Crippen LogP contribution in [-0.2, 0) is 0 Å². The molecule has 0 aliphatic carbocycles. The van der Waals surface area contributed by atoms with E-state index >= 15 is 0 Å². The normalized spacial score (nSPS) is 16.1. The molecule has 2 aliphatic rings. The SMILES string of the molecule is Cc1ccc2c(c1)-c1c3c(nn1-c1ccccc1)-c1ccccc1SC3O2. The maximum Gasteiger partial charge on any atom is 0.178 e. The molecule has 130 valence electrons. The molecule has 3 heterocycles. The average molecular weight is 368 g/mol. The summed E-state index contributed by atoms with van der Waals surface area (Å²) in [7, 11) is 0. The minimum Gasteiger partial charge on any atom is -0.474 e. The molecule has 0 spiro atoms. The van der Waals surface area contributed by atoms with Gasteiger partial charge in [0.2, 0.25) is 0 Å². The Labute approximate surface area is 161 Å². The number of nitrogens with zero attached hydrogens (tertiary/aromatic N) is 2. The van der Waals surface area contributed by atoms with Crippen LogP contribution in [0.25, 0.3) is 28.2 Å². The van der Waals surface area contributed by atoms with Crippen molar-refractivity contribution >= 4 is 11.8 Å². The Morgan fingerprint density at radius 3 is 2.63 bits per heavy atom. The van der Waals surface area contributed by atoms with E-state index in [1.54, 1.807) is 11.8 Å². The highest BCUT2D eigenvalue weighted by atomic mass is 32.2. The Morgan fingerprint density at radius 2 is 1.74 bits per heavy atom. The van der Waals surface area contributed by atoms with Crippen molar-refractivity contribution in [3.63, 3.8) is 0 Å². The van der Waals surface area contributed by atoms with Crippen molar-refractivity contribution in [2.45, 2.75) is 17.3 Å². The summed E-state index contributed by atoms with van der Waals surface area (Å²) in [5.41, 5.74) is 7.87. The van der Waals surface area contributed by atoms with Gasteiger partial charge in [-0.3, -0.25) is 0 Å². The molecule has 1 unspecified atom stereocenters. The Kier molecular flexibility index (Phi) is 3.08. The lowest BCUT2D eigenvalue weighted by atomic mass is 9.97. The van der Waals surface area contributed by atoms with Crippen molar-refractivity contribution in [2.75, 3.05) is 0 Å². The van der Waals surface area contributed by atoms with Crippen LogP contribution in [0.15, 0.2) is 77.7 Å². The van der Waals surface area contributed by atoms with Crippen LogP contribution in [0.1, 0.15) is 16.6 Å². The Morgan fingerprint density at radius 1 is 0.926 bits per heavy atom. The van der Waals surface area contributed by atoms with E-state index in [1.807, 2.05) is 6.07 Å². The summed E-state index contributed by atoms with van der Waals surface area (Å²) in [5.74, 6) is 0.925. The second-order valence-corrected chi connectivity index (χ2v) is 8.03. The van der Waals surface area contributed by atoms with Crippen LogP contribution in [0.5, 0.6) is 5.75 Å². The number of fused-ring (bicyclic) bond motifs is 4. The summed E-state index contributed by atoms with van der Waals surface area (Å²) in [6, 6.07) is 25.2. The van der Waals surface area contributed by atoms with Crippen LogP contribution in [0, 0.1) is 6.92 Å². The number of hydrogen-bond acceptors (Lipinski definition) is 3. The molecule has 0 saturated heterocycles. The highest BCUT2D eigenvalue weighted by Crippen LogP contribution is 2.56. The number of aryl methyl sites for hydroxylation is 1. The Balaban J connectivity index is 1.73. The third-order valence-corrected chi connectivity index (χ3v) is 6.31. The fourth-order valence-electron chi connectivity index (χ4n) is 3.94. The molecule has 0 saturated carbocycles. The second kappa shape index (κ2) is 5.51. The first-order chi connectivity index (χ1) is 13.3. The molecule has 0 N–H and O–H groups in total. The number of hydrogen-bond donors (Lipinski definition) is 0. The molecule has 4 heteroatoms. The molecule has 0 bridgehead atoms. The monoisotopic (exact) mass is 368 g/mol. The van der Waals surface area contributed by atoms with Gasteiger partial charge < -0.3 is 4.74 Å². The van der Waals surface area contributed by atoms with E-state index in [0.29, 0.717) is 0 Å². The predicted octanol–water partition coefficient (Wildman–Crippen LogP) is 6.01. The van der Waals surface area contributed by atoms with Crippen LogP contribution in [0.3, 0.4) is 0 Å². The summed E-state index contributed by atoms with van der Waals surface area (Å²) in [4.78, 5) is 1.22. The molecule has 3 aromatic carbocycles. The van der Waals surface area contributed by atoms with Gasteiger partial charge in [-0.2, -0.15) is 5.10 Å². The van der Waals surface area contributed by atoms with Crippen molar-refractivity contribution in [1.29, 1.82) is 0 Å². The zero-order valence-corrected chi connectivity index (χ0v) is 15.5. The molecule has 1 aromatic heterocycles. The highest BCUT2D eigenvalue weighted by Gasteiger charge is 2.38. The molecule has 0 amide bonds. The van der Waals surface area contributed by atoms with Gasteiger partial charge >= 0.3 is 0 Å². The quantitative estimate of drug-likeness (QED) is 0.412. The van der Waals surface area contributed by atoms with Crippen LogP contribution in [0.4, 0.5) is 0 Å². The summed E-state index contributed by atoms with van der Waals surface area (Å²) >= 11 is 1.77. The maximum atomic E-state index is 6.41. The van der Waals surface area contributed by atoms with Crippen LogP contribution in [0.2, 0.25) is 0 Å². The van der Waals surface area contributed by atoms with E-state index in [4.69, 9.17) is 9.84 Å². The first-order valence-corrected chi connectivity index (χ1v) is 9.89. The van der Waals surface area contributed by atoms with Crippen molar-refractivity contribution in [3.05, 3.63) is 83.9 Å². The van der Waals surface area contributed by atoms with Crippen LogP contribution < -0.4 is 4.74 Å². The third kappa shape index (κ3) is 2.14. The number of thioether (sulfide) groups is 1. The largest absolute Gasteiger partial charge is 0.474 e. The summed E-state index contributed by atoms with van der Waals surface area (Å²) < 4.78 is 8.49. The van der Waals surface area contributed by atoms with Crippen molar-refractivity contribution < 1.29 is 4.74 Å². The van der Waals surface area contributed by atoms with Gasteiger partial charge in [-0.15, -0.1) is 0 Å². The summed E-state index contributed by atoms with van der Waals surface area (Å²) in [5, 5.41) is 5.08. The maximum absolute atomic E-state index is 6.41. The third-order valence-electron chi connectivity index (χ3n) is 5.16. The minimum atomic E-state index is -0.0717. The average Bonchev–Trinajstić information content (AvgIpc) is 3.11. The van der Waals surface area contributed by atoms with Crippen LogP contribution >= 0.6 is 11.8 Å². The molecule has 4 aromatic rings. The fraction of sp³-hybridized carbons (Fsp3) is 0.0870. The molecular weight excluding hydrogens is 352 g/mol. The number of benzene rings is 3. The summed E-state index contributed by atoms with van der Waals surface area (Å²) in [6.07, 6.45) is 0. The van der Waals surface area contributed by atoms with Gasteiger partial charge in [-0.1, -0.05) is 59.8 Å². The smallest absolute Gasteiger partial charge is 0.178 e. The Bertz CT molecular complexity index is 1200. The number of ether oxygens (including phenoxy) is 1.